The molecule has 58 heavy (non-hydrogen) atoms. The van der Waals surface area contributed by atoms with Gasteiger partial charge in [-0.25, -0.2) is 28.6 Å². The summed E-state index contributed by atoms with van der Waals surface area (Å²) in [5, 5.41) is 36.0. The highest BCUT2D eigenvalue weighted by atomic mass is 32.2. The lowest BCUT2D eigenvalue weighted by molar-refractivity contribution is -0.137. The maximum Gasteiger partial charge on any atom is 0.481 e. The Bertz CT molecular complexity index is 1900. The third-order valence-electron chi connectivity index (χ3n) is 7.98. The molecule has 0 aromatic carbocycles. The fraction of sp³-hybridized carbons (Fsp3) is 0.655. The number of thioether (sulfide) groups is 1. The summed E-state index contributed by atoms with van der Waals surface area (Å²) < 4.78 is 62.1. The lowest BCUT2D eigenvalue weighted by atomic mass is 9.87. The summed E-state index contributed by atoms with van der Waals surface area (Å²) in [6.45, 7) is 2.30. The van der Waals surface area contributed by atoms with E-state index in [1.165, 1.54) is 13.8 Å². The predicted octanol–water partition coefficient (Wildman–Crippen LogP) is -0.228. The highest BCUT2D eigenvalue weighted by Crippen LogP contribution is 2.61. The number of nitrogens with one attached hydrogen (secondary N) is 2. The van der Waals surface area contributed by atoms with Crippen molar-refractivity contribution in [2.45, 2.75) is 83.2 Å². The Balaban J connectivity index is 1.45. The quantitative estimate of drug-likeness (QED) is 0.0369. The van der Waals surface area contributed by atoms with Crippen LogP contribution in [0, 0.1) is 5.41 Å². The number of aliphatic hydroxyl groups excluding tert-OH is 3. The molecule has 328 valence electrons. The van der Waals surface area contributed by atoms with Crippen LogP contribution >= 0.6 is 35.2 Å². The summed E-state index contributed by atoms with van der Waals surface area (Å²) in [7, 11) is -16.4. The lowest BCUT2D eigenvalue weighted by Crippen LogP contribution is -2.46. The summed E-state index contributed by atoms with van der Waals surface area (Å²) in [6, 6.07) is 0. The van der Waals surface area contributed by atoms with Crippen LogP contribution in [0.25, 0.3) is 11.2 Å². The van der Waals surface area contributed by atoms with E-state index in [1.807, 2.05) is 13.0 Å². The monoisotopic (exact) mass is 907 g/mol. The number of imidazole rings is 1. The summed E-state index contributed by atoms with van der Waals surface area (Å²) in [5.41, 5.74) is 4.23. The molecular weight excluding hydrogens is 859 g/mol. The Kier molecular flexibility index (Phi) is 18.5. The number of nitrogens with two attached hydrogens (primary N) is 1. The van der Waals surface area contributed by atoms with Crippen molar-refractivity contribution in [1.82, 2.24) is 30.2 Å². The van der Waals surface area contributed by atoms with Gasteiger partial charge in [-0.05, 0) is 12.8 Å². The van der Waals surface area contributed by atoms with Crippen LogP contribution in [0.15, 0.2) is 24.8 Å². The molecule has 1 aliphatic heterocycles. The predicted molar refractivity (Wildman–Crippen MR) is 202 cm³/mol. The van der Waals surface area contributed by atoms with Crippen molar-refractivity contribution < 1.29 is 85.6 Å². The Morgan fingerprint density at radius 3 is 2.41 bits per heavy atom. The molecular formula is C29H48N7O18P3S. The van der Waals surface area contributed by atoms with E-state index in [-0.39, 0.29) is 53.8 Å². The van der Waals surface area contributed by atoms with Crippen LogP contribution in [0.1, 0.15) is 52.7 Å². The second-order valence-electron chi connectivity index (χ2n) is 13.3. The zero-order valence-corrected chi connectivity index (χ0v) is 34.9. The van der Waals surface area contributed by atoms with Gasteiger partial charge in [0.05, 0.1) is 25.6 Å². The Morgan fingerprint density at radius 1 is 1.05 bits per heavy atom. The molecule has 2 aromatic rings. The number of allylic oxidation sites excluding steroid dienone is 1. The number of carbonyl (C=O) groups is 3. The topological polar surface area (TPSA) is 384 Å². The first kappa shape index (κ1) is 49.6. The van der Waals surface area contributed by atoms with Crippen molar-refractivity contribution in [2.75, 3.05) is 37.8 Å². The molecule has 0 radical (unpaired) electrons. The van der Waals surface area contributed by atoms with Crippen LogP contribution < -0.4 is 16.4 Å². The zero-order valence-electron chi connectivity index (χ0n) is 31.4. The standard InChI is InChI=1S/C29H48N7O18P3S/c1-4-5-6-7-17(37)12-20(39)58-11-10-31-19(38)8-9-32-27(42)24(41)29(2,3)14-51-57(48,49)54-56(46,47)50-13-18-23(53-55(43,44)45)22(40)28(52-18)36-16-35-21-25(30)33-15-34-26(21)36/h5-6,15-18,22-24,28,37,40-41H,4,7-14H2,1-3H3,(H,31,38)(H,32,42)(H,46,47)(H,48,49)(H2,30,33,34)(H2,43,44,45)/b6-5-/t17-,18+,22+,23+,24-,28+/m0/s1. The van der Waals surface area contributed by atoms with Crippen molar-refractivity contribution in [1.29, 1.82) is 0 Å². The highest BCUT2D eigenvalue weighted by Gasteiger charge is 2.50. The van der Waals surface area contributed by atoms with Gasteiger partial charge in [0.15, 0.2) is 22.8 Å². The number of fused-ring (bicyclic) bond motifs is 1. The molecule has 2 aromatic heterocycles. The number of phosphoric acid groups is 3. The molecule has 2 amide bonds. The minimum absolute atomic E-state index is 0.0256. The number of hydrogen-bond donors (Lipinski definition) is 10. The third-order valence-corrected chi connectivity index (χ3v) is 12.0. The molecule has 3 rings (SSSR count). The fourth-order valence-corrected chi connectivity index (χ4v) is 8.62. The van der Waals surface area contributed by atoms with E-state index in [2.05, 4.69) is 34.4 Å². The molecule has 3 heterocycles. The highest BCUT2D eigenvalue weighted by molar-refractivity contribution is 8.13. The van der Waals surface area contributed by atoms with Crippen molar-refractivity contribution >= 4 is 69.1 Å². The summed E-state index contributed by atoms with van der Waals surface area (Å²) in [4.78, 5) is 87.6. The van der Waals surface area contributed by atoms with Gasteiger partial charge in [-0.2, -0.15) is 4.31 Å². The Labute approximate surface area is 335 Å². The number of rotatable bonds is 24. The number of phosphoric ester groups is 3. The molecule has 1 fully saturated rings. The number of carbonyl (C=O) groups excluding carboxylic acids is 3. The minimum Gasteiger partial charge on any atom is -0.392 e. The number of ether oxygens (including phenoxy) is 1. The van der Waals surface area contributed by atoms with Crippen molar-refractivity contribution in [3.8, 4) is 0 Å². The first-order chi connectivity index (χ1) is 26.9. The van der Waals surface area contributed by atoms with E-state index in [0.717, 1.165) is 35.4 Å². The molecule has 1 saturated heterocycles. The summed E-state index contributed by atoms with van der Waals surface area (Å²) >= 11 is 0.954. The molecule has 11 N–H and O–H groups in total. The number of hydrogen-bond acceptors (Lipinski definition) is 19. The molecule has 2 unspecified atom stereocenters. The van der Waals surface area contributed by atoms with Gasteiger partial charge in [0.2, 0.25) is 11.8 Å². The van der Waals surface area contributed by atoms with Crippen LogP contribution in [0.4, 0.5) is 5.82 Å². The van der Waals surface area contributed by atoms with Crippen molar-refractivity contribution in [3.63, 3.8) is 0 Å². The van der Waals surface area contributed by atoms with Gasteiger partial charge < -0.3 is 56.0 Å². The van der Waals surface area contributed by atoms with Crippen molar-refractivity contribution in [3.05, 3.63) is 24.8 Å². The second-order valence-corrected chi connectivity index (χ2v) is 18.7. The molecule has 0 saturated carbocycles. The van der Waals surface area contributed by atoms with Gasteiger partial charge in [0, 0.05) is 37.1 Å². The van der Waals surface area contributed by atoms with Crippen LogP contribution in [0.5, 0.6) is 0 Å². The Hall–Kier alpha value is -2.74. The first-order valence-corrected chi connectivity index (χ1v) is 22.8. The number of aliphatic hydroxyl groups is 3. The van der Waals surface area contributed by atoms with Crippen LogP contribution in [0.3, 0.4) is 0 Å². The van der Waals surface area contributed by atoms with E-state index >= 15 is 0 Å². The maximum absolute atomic E-state index is 12.7. The maximum atomic E-state index is 12.7. The normalized spacial score (nSPS) is 22.0. The van der Waals surface area contributed by atoms with Gasteiger partial charge >= 0.3 is 23.5 Å². The van der Waals surface area contributed by atoms with E-state index in [4.69, 9.17) is 19.5 Å². The Morgan fingerprint density at radius 2 is 1.74 bits per heavy atom. The number of anilines is 1. The summed E-state index contributed by atoms with van der Waals surface area (Å²) in [6.07, 6.45) is -2.97. The van der Waals surface area contributed by atoms with Gasteiger partial charge in [-0.3, -0.25) is 32.5 Å². The van der Waals surface area contributed by atoms with Gasteiger partial charge in [0.25, 0.3) is 0 Å². The number of aromatic nitrogens is 4. The average molecular weight is 908 g/mol. The van der Waals surface area contributed by atoms with Crippen LogP contribution in [-0.4, -0.2) is 134 Å². The zero-order chi connectivity index (χ0) is 43.5. The van der Waals surface area contributed by atoms with Gasteiger partial charge in [0.1, 0.15) is 36.3 Å². The van der Waals surface area contributed by atoms with Crippen LogP contribution in [-0.2, 0) is 50.7 Å². The molecule has 0 aliphatic carbocycles. The van der Waals surface area contributed by atoms with E-state index < -0.39 is 90.7 Å². The summed E-state index contributed by atoms with van der Waals surface area (Å²) in [5.74, 6) is -1.26. The number of nitrogens with zero attached hydrogens (tertiary/aromatic N) is 4. The molecule has 1 aliphatic rings. The molecule has 0 spiro atoms. The average Bonchev–Trinajstić information content (AvgIpc) is 3.68. The van der Waals surface area contributed by atoms with Gasteiger partial charge in [-0.1, -0.05) is 44.7 Å². The number of amides is 2. The minimum atomic E-state index is -5.58. The van der Waals surface area contributed by atoms with Gasteiger partial charge in [-0.15, -0.1) is 0 Å². The largest absolute Gasteiger partial charge is 0.481 e. The van der Waals surface area contributed by atoms with E-state index in [9.17, 15) is 63.0 Å². The second kappa shape index (κ2) is 21.7. The third kappa shape index (κ3) is 15.7. The lowest BCUT2D eigenvalue weighted by Gasteiger charge is -2.30. The van der Waals surface area contributed by atoms with E-state index in [0.29, 0.717) is 6.42 Å². The SMILES string of the molecule is CC/C=C\C[C@H](O)CC(=O)SCCNC(=O)CCNC(=O)[C@H](O)C(C)(C)COP(=O)(O)OP(=O)(O)OC[C@H]1O[C@@H](n2cnc3c(N)ncnc32)[C@H](O)[C@@H]1OP(=O)(O)O. The molecule has 0 bridgehead atoms. The van der Waals surface area contributed by atoms with Crippen molar-refractivity contribution in [2.24, 2.45) is 5.41 Å². The van der Waals surface area contributed by atoms with Crippen LogP contribution in [0.2, 0.25) is 0 Å². The molecule has 8 atom stereocenters. The first-order valence-electron chi connectivity index (χ1n) is 17.3. The molecule has 29 heteroatoms. The van der Waals surface area contributed by atoms with E-state index in [1.54, 1.807) is 6.08 Å². The smallest absolute Gasteiger partial charge is 0.392 e. The fourth-order valence-electron chi connectivity index (χ4n) is 5.05. The molecule has 25 nitrogen and oxygen atoms in total. The number of nitrogen functional groups attached to an aromatic ring is 1.